The Hall–Kier alpha value is -3.74. The van der Waals surface area contributed by atoms with Gasteiger partial charge in [-0.05, 0) is 25.1 Å². The molecule has 140 valence electrons. The molecule has 3 aromatic heterocycles. The maximum Gasteiger partial charge on any atom is 0.287 e. The van der Waals surface area contributed by atoms with E-state index in [4.69, 9.17) is 4.42 Å². The molecule has 0 saturated heterocycles. The highest BCUT2D eigenvalue weighted by Gasteiger charge is 2.17. The fourth-order valence-corrected chi connectivity index (χ4v) is 2.98. The van der Waals surface area contributed by atoms with Crippen molar-refractivity contribution in [3.05, 3.63) is 71.9 Å². The summed E-state index contributed by atoms with van der Waals surface area (Å²) in [6.07, 6.45) is 3.40. The first kappa shape index (κ1) is 17.7. The van der Waals surface area contributed by atoms with Crippen LogP contribution in [0.2, 0.25) is 0 Å². The number of hydrogen-bond acceptors (Lipinski definition) is 6. The Morgan fingerprint density at radius 2 is 2.00 bits per heavy atom. The highest BCUT2D eigenvalue weighted by molar-refractivity contribution is 5.98. The summed E-state index contributed by atoms with van der Waals surface area (Å²) in [5.41, 5.74) is 3.01. The number of aryl methyl sites for hydroxylation is 1. The van der Waals surface area contributed by atoms with Crippen molar-refractivity contribution in [3.63, 3.8) is 0 Å². The van der Waals surface area contributed by atoms with Crippen LogP contribution in [0.5, 0.6) is 0 Å². The highest BCUT2D eigenvalue weighted by Crippen LogP contribution is 2.25. The first-order valence-electron chi connectivity index (χ1n) is 8.88. The van der Waals surface area contributed by atoms with Crippen LogP contribution in [0, 0.1) is 6.92 Å². The number of aromatic nitrogens is 3. The number of anilines is 1. The molecular formula is C21H19N5O2. The molecule has 2 N–H and O–H groups in total. The summed E-state index contributed by atoms with van der Waals surface area (Å²) in [4.78, 5) is 25.8. The van der Waals surface area contributed by atoms with Gasteiger partial charge in [0.05, 0.1) is 12.2 Å². The van der Waals surface area contributed by atoms with Gasteiger partial charge in [-0.3, -0.25) is 9.78 Å². The number of fused-ring (bicyclic) bond motifs is 1. The monoisotopic (exact) mass is 373 g/mol. The van der Waals surface area contributed by atoms with E-state index < -0.39 is 0 Å². The van der Waals surface area contributed by atoms with Crippen molar-refractivity contribution in [1.29, 1.82) is 0 Å². The predicted octanol–water partition coefficient (Wildman–Crippen LogP) is 3.56. The van der Waals surface area contributed by atoms with Gasteiger partial charge in [0.25, 0.3) is 5.91 Å². The number of benzene rings is 1. The second-order valence-corrected chi connectivity index (χ2v) is 6.29. The molecule has 0 saturated carbocycles. The van der Waals surface area contributed by atoms with Crippen molar-refractivity contribution < 1.29 is 9.21 Å². The van der Waals surface area contributed by atoms with Gasteiger partial charge in [0.2, 0.25) is 0 Å². The minimum absolute atomic E-state index is 0.250. The van der Waals surface area contributed by atoms with Crippen molar-refractivity contribution >= 4 is 22.7 Å². The van der Waals surface area contributed by atoms with Crippen molar-refractivity contribution in [2.45, 2.75) is 13.5 Å². The van der Waals surface area contributed by atoms with Crippen molar-refractivity contribution in [1.82, 2.24) is 20.3 Å². The number of carbonyl (C=O) groups excluding carboxylic acids is 1. The van der Waals surface area contributed by atoms with Gasteiger partial charge in [-0.25, -0.2) is 9.97 Å². The molecule has 4 aromatic rings. The van der Waals surface area contributed by atoms with E-state index in [2.05, 4.69) is 25.6 Å². The van der Waals surface area contributed by atoms with Crippen LogP contribution in [0.3, 0.4) is 0 Å². The lowest BCUT2D eigenvalue weighted by Crippen LogP contribution is -2.23. The Labute approximate surface area is 161 Å². The zero-order chi connectivity index (χ0) is 19.5. The summed E-state index contributed by atoms with van der Waals surface area (Å²) in [5, 5.41) is 6.84. The van der Waals surface area contributed by atoms with Crippen LogP contribution in [-0.4, -0.2) is 27.9 Å². The van der Waals surface area contributed by atoms with Gasteiger partial charge in [-0.15, -0.1) is 0 Å². The van der Waals surface area contributed by atoms with E-state index in [1.807, 2.05) is 43.3 Å². The fourth-order valence-electron chi connectivity index (χ4n) is 2.98. The number of nitrogens with one attached hydrogen (secondary N) is 2. The third kappa shape index (κ3) is 3.42. The SMILES string of the molecule is CNc1cc(CNC(=O)c2oc3ccccc3c2C)nc(-c2cccnc2)n1. The van der Waals surface area contributed by atoms with Gasteiger partial charge in [-0.1, -0.05) is 18.2 Å². The molecule has 28 heavy (non-hydrogen) atoms. The van der Waals surface area contributed by atoms with Crippen LogP contribution in [0.1, 0.15) is 21.8 Å². The van der Waals surface area contributed by atoms with Gasteiger partial charge in [0.1, 0.15) is 11.4 Å². The number of pyridine rings is 1. The van der Waals surface area contributed by atoms with Crippen molar-refractivity contribution in [2.24, 2.45) is 0 Å². The number of nitrogens with zero attached hydrogens (tertiary/aromatic N) is 3. The van der Waals surface area contributed by atoms with E-state index in [1.54, 1.807) is 25.5 Å². The molecule has 1 amide bonds. The second kappa shape index (κ2) is 7.48. The zero-order valence-electron chi connectivity index (χ0n) is 15.6. The van der Waals surface area contributed by atoms with Crippen LogP contribution in [0.15, 0.2) is 59.3 Å². The predicted molar refractivity (Wildman–Crippen MR) is 107 cm³/mol. The average molecular weight is 373 g/mol. The smallest absolute Gasteiger partial charge is 0.287 e. The summed E-state index contributed by atoms with van der Waals surface area (Å²) in [7, 11) is 1.79. The minimum Gasteiger partial charge on any atom is -0.451 e. The standard InChI is InChI=1S/C21H19N5O2/c1-13-16-7-3-4-8-17(16)28-19(13)21(27)24-12-15-10-18(22-2)26-20(25-15)14-6-5-9-23-11-14/h3-11H,12H2,1-2H3,(H,24,27)(H,22,25,26). The molecule has 0 fully saturated rings. The number of rotatable bonds is 5. The molecule has 3 heterocycles. The quantitative estimate of drug-likeness (QED) is 0.556. The summed E-state index contributed by atoms with van der Waals surface area (Å²) in [6, 6.07) is 13.1. The largest absolute Gasteiger partial charge is 0.451 e. The molecule has 7 nitrogen and oxygen atoms in total. The maximum atomic E-state index is 12.6. The Morgan fingerprint density at radius 3 is 2.75 bits per heavy atom. The molecule has 0 radical (unpaired) electrons. The van der Waals surface area contributed by atoms with Crippen LogP contribution >= 0.6 is 0 Å². The molecule has 0 atom stereocenters. The van der Waals surface area contributed by atoms with Gasteiger partial charge in [-0.2, -0.15) is 0 Å². The normalized spacial score (nSPS) is 10.8. The van der Waals surface area contributed by atoms with E-state index in [1.165, 1.54) is 0 Å². The summed E-state index contributed by atoms with van der Waals surface area (Å²) in [6.45, 7) is 2.13. The van der Waals surface area contributed by atoms with E-state index in [0.29, 0.717) is 28.7 Å². The van der Waals surface area contributed by atoms with Crippen LogP contribution in [-0.2, 0) is 6.54 Å². The molecule has 7 heteroatoms. The van der Waals surface area contributed by atoms with Crippen molar-refractivity contribution in [2.75, 3.05) is 12.4 Å². The van der Waals surface area contributed by atoms with Gasteiger partial charge < -0.3 is 15.1 Å². The molecule has 0 aliphatic rings. The molecule has 0 unspecified atom stereocenters. The zero-order valence-corrected chi connectivity index (χ0v) is 15.6. The molecule has 0 spiro atoms. The average Bonchev–Trinajstić information content (AvgIpc) is 3.09. The molecule has 0 bridgehead atoms. The van der Waals surface area contributed by atoms with E-state index in [-0.39, 0.29) is 12.5 Å². The Morgan fingerprint density at radius 1 is 1.14 bits per heavy atom. The van der Waals surface area contributed by atoms with Gasteiger partial charge in [0, 0.05) is 42.0 Å². The first-order chi connectivity index (χ1) is 13.7. The number of furan rings is 1. The number of amides is 1. The first-order valence-corrected chi connectivity index (χ1v) is 8.88. The van der Waals surface area contributed by atoms with Crippen molar-refractivity contribution in [3.8, 4) is 11.4 Å². The van der Waals surface area contributed by atoms with E-state index >= 15 is 0 Å². The van der Waals surface area contributed by atoms with Gasteiger partial charge >= 0.3 is 0 Å². The Balaban J connectivity index is 1.57. The third-order valence-electron chi connectivity index (χ3n) is 4.44. The summed E-state index contributed by atoms with van der Waals surface area (Å²) >= 11 is 0. The second-order valence-electron chi connectivity index (χ2n) is 6.29. The highest BCUT2D eigenvalue weighted by atomic mass is 16.3. The summed E-state index contributed by atoms with van der Waals surface area (Å²) in [5.74, 6) is 1.25. The molecule has 0 aliphatic carbocycles. The molecular weight excluding hydrogens is 354 g/mol. The maximum absolute atomic E-state index is 12.6. The van der Waals surface area contributed by atoms with Crippen LogP contribution in [0.25, 0.3) is 22.4 Å². The van der Waals surface area contributed by atoms with Gasteiger partial charge in [0.15, 0.2) is 11.6 Å². The minimum atomic E-state index is -0.277. The molecule has 4 rings (SSSR count). The number of hydrogen-bond donors (Lipinski definition) is 2. The topological polar surface area (TPSA) is 92.9 Å². The lowest BCUT2D eigenvalue weighted by atomic mass is 10.1. The number of para-hydroxylation sites is 1. The lowest BCUT2D eigenvalue weighted by Gasteiger charge is -2.09. The fraction of sp³-hybridized carbons (Fsp3) is 0.143. The van der Waals surface area contributed by atoms with E-state index in [9.17, 15) is 4.79 Å². The lowest BCUT2D eigenvalue weighted by molar-refractivity contribution is 0.0924. The number of carbonyl (C=O) groups is 1. The Kier molecular flexibility index (Phi) is 4.72. The van der Waals surface area contributed by atoms with Crippen LogP contribution in [0.4, 0.5) is 5.82 Å². The summed E-state index contributed by atoms with van der Waals surface area (Å²) < 4.78 is 5.72. The molecule has 0 aliphatic heterocycles. The third-order valence-corrected chi connectivity index (χ3v) is 4.44. The Bertz CT molecular complexity index is 1140. The van der Waals surface area contributed by atoms with Crippen LogP contribution < -0.4 is 10.6 Å². The van der Waals surface area contributed by atoms with E-state index in [0.717, 1.165) is 16.5 Å². The molecule has 1 aromatic carbocycles.